The minimum atomic E-state index is -0.843. The van der Waals surface area contributed by atoms with Gasteiger partial charge in [-0.05, 0) is 57.8 Å². The Labute approximate surface area is 450 Å². The second kappa shape index (κ2) is 61.9. The largest absolute Gasteiger partial charge is 0.466 e. The predicted molar refractivity (Wildman–Crippen MR) is 315 cm³/mol. The van der Waals surface area contributed by atoms with E-state index in [9.17, 15) is 19.8 Å². The van der Waals surface area contributed by atoms with Crippen LogP contribution in [-0.4, -0.2) is 47.4 Å². The molecule has 72 heavy (non-hydrogen) atoms. The molecule has 0 aliphatic rings. The summed E-state index contributed by atoms with van der Waals surface area (Å²) in [6, 6.07) is -0.627. The molecule has 0 aromatic carbocycles. The number of allylic oxidation sites excluding steroid dienone is 3. The lowest BCUT2D eigenvalue weighted by atomic mass is 10.0. The Bertz CT molecular complexity index is 1120. The molecule has 2 unspecified atom stereocenters. The molecule has 0 saturated carbocycles. The zero-order valence-electron chi connectivity index (χ0n) is 48.7. The zero-order valence-corrected chi connectivity index (χ0v) is 48.7. The van der Waals surface area contributed by atoms with Crippen LogP contribution in [0.5, 0.6) is 0 Å². The zero-order chi connectivity index (χ0) is 52.2. The highest BCUT2D eigenvalue weighted by molar-refractivity contribution is 5.76. The summed E-state index contributed by atoms with van der Waals surface area (Å²) in [5.41, 5.74) is 0. The van der Waals surface area contributed by atoms with Crippen molar-refractivity contribution in [1.29, 1.82) is 0 Å². The maximum atomic E-state index is 12.4. The lowest BCUT2D eigenvalue weighted by Crippen LogP contribution is -2.45. The van der Waals surface area contributed by atoms with Gasteiger partial charge in [0.25, 0.3) is 0 Å². The van der Waals surface area contributed by atoms with Crippen molar-refractivity contribution >= 4 is 11.9 Å². The average Bonchev–Trinajstić information content (AvgIpc) is 3.38. The van der Waals surface area contributed by atoms with Crippen LogP contribution in [0.2, 0.25) is 0 Å². The van der Waals surface area contributed by atoms with Gasteiger partial charge < -0.3 is 20.3 Å². The van der Waals surface area contributed by atoms with E-state index in [0.29, 0.717) is 19.4 Å². The van der Waals surface area contributed by atoms with Gasteiger partial charge in [0.1, 0.15) is 0 Å². The molecule has 0 bridgehead atoms. The molecule has 1 amide bonds. The van der Waals surface area contributed by atoms with E-state index in [2.05, 4.69) is 31.3 Å². The van der Waals surface area contributed by atoms with Crippen LogP contribution in [0.1, 0.15) is 361 Å². The summed E-state index contributed by atoms with van der Waals surface area (Å²) in [4.78, 5) is 24.5. The van der Waals surface area contributed by atoms with Gasteiger partial charge in [-0.3, -0.25) is 9.59 Å². The van der Waals surface area contributed by atoms with Gasteiger partial charge in [0.2, 0.25) is 5.91 Å². The molecule has 0 spiro atoms. The summed E-state index contributed by atoms with van der Waals surface area (Å²) in [5, 5.41) is 23.1. The molecule has 0 aliphatic carbocycles. The minimum Gasteiger partial charge on any atom is -0.466 e. The first-order chi connectivity index (χ1) is 35.5. The number of ether oxygens (including phenoxy) is 1. The second-order valence-electron chi connectivity index (χ2n) is 22.5. The van der Waals surface area contributed by atoms with Crippen LogP contribution < -0.4 is 5.32 Å². The van der Waals surface area contributed by atoms with Crippen molar-refractivity contribution in [2.24, 2.45) is 0 Å². The fourth-order valence-corrected chi connectivity index (χ4v) is 10.2. The molecule has 0 fully saturated rings. The van der Waals surface area contributed by atoms with Gasteiger partial charge >= 0.3 is 5.97 Å². The number of aliphatic hydroxyl groups excluding tert-OH is 2. The Morgan fingerprint density at radius 2 is 0.653 bits per heavy atom. The first kappa shape index (κ1) is 70.3. The van der Waals surface area contributed by atoms with E-state index < -0.39 is 12.1 Å². The maximum absolute atomic E-state index is 12.4. The van der Waals surface area contributed by atoms with E-state index in [1.807, 2.05) is 6.08 Å². The molecule has 0 aliphatic heterocycles. The standard InChI is InChI=1S/C66H127NO5/c1-3-5-7-9-11-13-15-17-18-33-36-40-44-48-52-56-60-66(71)72-61-57-53-49-45-41-37-34-31-29-27-25-23-21-19-20-22-24-26-28-30-32-35-39-43-47-51-55-59-65(70)67-63(62-68)64(69)58-54-50-46-42-38-16-14-12-10-8-6-4-2/h19-20,54,58,63-64,68-69H,3-18,21-53,55-57,59-62H2,1-2H3,(H,67,70)/b20-19-,58-54+. The van der Waals surface area contributed by atoms with Crippen LogP contribution in [0.25, 0.3) is 0 Å². The monoisotopic (exact) mass is 1010 g/mol. The van der Waals surface area contributed by atoms with Crippen molar-refractivity contribution in [2.75, 3.05) is 13.2 Å². The van der Waals surface area contributed by atoms with Crippen molar-refractivity contribution in [3.63, 3.8) is 0 Å². The van der Waals surface area contributed by atoms with Crippen LogP contribution in [0.4, 0.5) is 0 Å². The summed E-state index contributed by atoms with van der Waals surface area (Å²) < 4.78 is 5.50. The van der Waals surface area contributed by atoms with Gasteiger partial charge in [0, 0.05) is 12.8 Å². The number of hydrogen-bond donors (Lipinski definition) is 3. The van der Waals surface area contributed by atoms with E-state index in [-0.39, 0.29) is 18.5 Å². The first-order valence-electron chi connectivity index (χ1n) is 32.6. The van der Waals surface area contributed by atoms with Crippen molar-refractivity contribution in [3.8, 4) is 0 Å². The number of nitrogens with one attached hydrogen (secondary N) is 1. The molecule has 0 rings (SSSR count). The minimum absolute atomic E-state index is 0.0185. The third-order valence-corrected chi connectivity index (χ3v) is 15.2. The van der Waals surface area contributed by atoms with Gasteiger partial charge in [-0.25, -0.2) is 0 Å². The summed E-state index contributed by atoms with van der Waals surface area (Å²) in [6.45, 7) is 4.92. The Kier molecular flexibility index (Phi) is 60.5. The van der Waals surface area contributed by atoms with Crippen molar-refractivity contribution in [1.82, 2.24) is 5.32 Å². The first-order valence-corrected chi connectivity index (χ1v) is 32.6. The molecule has 3 N–H and O–H groups in total. The molecular weight excluding hydrogens is 887 g/mol. The summed E-state index contributed by atoms with van der Waals surface area (Å²) in [6.07, 6.45) is 76.7. The fourth-order valence-electron chi connectivity index (χ4n) is 10.2. The van der Waals surface area contributed by atoms with E-state index in [1.54, 1.807) is 6.08 Å². The SMILES string of the molecule is CCCCCCCCCCCC/C=C/C(O)C(CO)NC(=O)CCCCCCCCCCCCC/C=C\CCCCCCCCCCCCCCOC(=O)CCCCCCCCCCCCCCCCCC. The molecule has 2 atom stereocenters. The summed E-state index contributed by atoms with van der Waals surface area (Å²) >= 11 is 0. The van der Waals surface area contributed by atoms with Crippen LogP contribution >= 0.6 is 0 Å². The van der Waals surface area contributed by atoms with Gasteiger partial charge in [-0.1, -0.05) is 314 Å². The summed E-state index contributed by atoms with van der Waals surface area (Å²) in [5.74, 6) is -0.0497. The van der Waals surface area contributed by atoms with Crippen LogP contribution in [-0.2, 0) is 14.3 Å². The number of rotatable bonds is 61. The van der Waals surface area contributed by atoms with E-state index >= 15 is 0 Å². The van der Waals surface area contributed by atoms with E-state index in [0.717, 1.165) is 38.5 Å². The van der Waals surface area contributed by atoms with Crippen LogP contribution in [0.3, 0.4) is 0 Å². The number of hydrogen-bond acceptors (Lipinski definition) is 5. The molecule has 6 nitrogen and oxygen atoms in total. The third-order valence-electron chi connectivity index (χ3n) is 15.2. The normalized spacial score (nSPS) is 12.7. The molecule has 426 valence electrons. The lowest BCUT2D eigenvalue weighted by Gasteiger charge is -2.20. The number of esters is 1. The number of unbranched alkanes of at least 4 members (excludes halogenated alkanes) is 48. The van der Waals surface area contributed by atoms with Crippen molar-refractivity contribution < 1.29 is 24.5 Å². The lowest BCUT2D eigenvalue weighted by molar-refractivity contribution is -0.143. The van der Waals surface area contributed by atoms with E-state index in [4.69, 9.17) is 4.74 Å². The van der Waals surface area contributed by atoms with Crippen molar-refractivity contribution in [2.45, 2.75) is 373 Å². The van der Waals surface area contributed by atoms with Gasteiger partial charge in [0.05, 0.1) is 25.4 Å². The number of carbonyl (C=O) groups excluding carboxylic acids is 2. The Morgan fingerprint density at radius 1 is 0.375 bits per heavy atom. The van der Waals surface area contributed by atoms with Crippen molar-refractivity contribution in [3.05, 3.63) is 24.3 Å². The number of carbonyl (C=O) groups is 2. The highest BCUT2D eigenvalue weighted by Crippen LogP contribution is 2.18. The number of aliphatic hydroxyl groups is 2. The highest BCUT2D eigenvalue weighted by Gasteiger charge is 2.18. The molecule has 0 radical (unpaired) electrons. The molecule has 0 aromatic heterocycles. The summed E-state index contributed by atoms with van der Waals surface area (Å²) in [7, 11) is 0. The smallest absolute Gasteiger partial charge is 0.305 e. The fraction of sp³-hybridized carbons (Fsp3) is 0.909. The van der Waals surface area contributed by atoms with Gasteiger partial charge in [0.15, 0.2) is 0 Å². The quantitative estimate of drug-likeness (QED) is 0.0320. The topological polar surface area (TPSA) is 95.9 Å². The average molecular weight is 1010 g/mol. The molecule has 0 saturated heterocycles. The molecular formula is C66H127NO5. The third kappa shape index (κ3) is 57.6. The Hall–Kier alpha value is -1.66. The van der Waals surface area contributed by atoms with Gasteiger partial charge in [-0.2, -0.15) is 0 Å². The molecule has 0 aromatic rings. The molecule has 6 heteroatoms. The number of amides is 1. The van der Waals surface area contributed by atoms with Crippen LogP contribution in [0.15, 0.2) is 24.3 Å². The Balaban J connectivity index is 3.37. The second-order valence-corrected chi connectivity index (χ2v) is 22.5. The van der Waals surface area contributed by atoms with Gasteiger partial charge in [-0.15, -0.1) is 0 Å². The Morgan fingerprint density at radius 3 is 0.986 bits per heavy atom. The highest BCUT2D eigenvalue weighted by atomic mass is 16.5. The predicted octanol–water partition coefficient (Wildman–Crippen LogP) is 20.6. The molecule has 0 heterocycles. The van der Waals surface area contributed by atoms with Crippen LogP contribution in [0, 0.1) is 0 Å². The van der Waals surface area contributed by atoms with E-state index in [1.165, 1.54) is 295 Å². The maximum Gasteiger partial charge on any atom is 0.305 e.